The number of methoxy groups -OCH3 is 1. The van der Waals surface area contributed by atoms with Gasteiger partial charge < -0.3 is 9.84 Å². The largest absolute Gasteiger partial charge is 0.390 e. The van der Waals surface area contributed by atoms with Crippen molar-refractivity contribution in [3.63, 3.8) is 0 Å². The minimum Gasteiger partial charge on any atom is -0.390 e. The zero-order valence-electron chi connectivity index (χ0n) is 10.0. The summed E-state index contributed by atoms with van der Waals surface area (Å²) in [6, 6.07) is 13.5. The highest BCUT2D eigenvalue weighted by Crippen LogP contribution is 2.27. The lowest BCUT2D eigenvalue weighted by atomic mass is 10.0. The van der Waals surface area contributed by atoms with Gasteiger partial charge in [0.25, 0.3) is 0 Å². The van der Waals surface area contributed by atoms with Gasteiger partial charge in [0.15, 0.2) is 0 Å². The van der Waals surface area contributed by atoms with Gasteiger partial charge in [0, 0.05) is 18.4 Å². The molecule has 0 aliphatic rings. The Hall–Kier alpha value is -0.870. The number of thiophene rings is 1. The van der Waals surface area contributed by atoms with Crippen molar-refractivity contribution in [2.75, 3.05) is 7.11 Å². The third-order valence-electron chi connectivity index (χ3n) is 2.77. The molecule has 2 aromatic rings. The molecule has 0 aliphatic heterocycles. The molecule has 2 nitrogen and oxygen atoms in total. The molecule has 2 atom stereocenters. The summed E-state index contributed by atoms with van der Waals surface area (Å²) < 4.78 is 6.14. The fourth-order valence-electron chi connectivity index (χ4n) is 1.93. The first kappa shape index (κ1) is 13.6. The fourth-order valence-corrected chi connectivity index (χ4v) is 3.07. The van der Waals surface area contributed by atoms with Crippen LogP contribution in [-0.2, 0) is 11.2 Å². The lowest BCUT2D eigenvalue weighted by Gasteiger charge is -2.21. The van der Waals surface area contributed by atoms with E-state index in [1.54, 1.807) is 7.11 Å². The van der Waals surface area contributed by atoms with E-state index in [1.807, 2.05) is 42.5 Å². The van der Waals surface area contributed by atoms with Crippen molar-refractivity contribution >= 4 is 22.9 Å². The van der Waals surface area contributed by atoms with Crippen LogP contribution in [0, 0.1) is 0 Å². The van der Waals surface area contributed by atoms with Gasteiger partial charge in [-0.05, 0) is 17.7 Å². The van der Waals surface area contributed by atoms with E-state index < -0.39 is 6.10 Å². The number of hydrogen-bond acceptors (Lipinski definition) is 3. The minimum absolute atomic E-state index is 0.313. The Kier molecular flexibility index (Phi) is 4.78. The number of halogens is 1. The Balaban J connectivity index is 2.08. The van der Waals surface area contributed by atoms with E-state index in [9.17, 15) is 5.11 Å². The van der Waals surface area contributed by atoms with Gasteiger partial charge in [-0.3, -0.25) is 0 Å². The van der Waals surface area contributed by atoms with Crippen molar-refractivity contribution in [2.45, 2.75) is 18.6 Å². The van der Waals surface area contributed by atoms with Crippen LogP contribution >= 0.6 is 22.9 Å². The van der Waals surface area contributed by atoms with Crippen LogP contribution in [0.1, 0.15) is 16.5 Å². The maximum atomic E-state index is 10.3. The summed E-state index contributed by atoms with van der Waals surface area (Å²) in [5, 5.41) is 10.3. The van der Waals surface area contributed by atoms with E-state index in [1.165, 1.54) is 11.3 Å². The van der Waals surface area contributed by atoms with Crippen LogP contribution in [0.5, 0.6) is 0 Å². The normalized spacial score (nSPS) is 14.4. The zero-order chi connectivity index (χ0) is 13.0. The molecule has 96 valence electrons. The van der Waals surface area contributed by atoms with E-state index in [4.69, 9.17) is 16.3 Å². The number of aliphatic hydroxyl groups excluding tert-OH is 1. The Morgan fingerprint density at radius 2 is 1.94 bits per heavy atom. The molecule has 0 saturated heterocycles. The minimum atomic E-state index is -0.577. The molecule has 0 aliphatic carbocycles. The Morgan fingerprint density at radius 3 is 2.50 bits per heavy atom. The highest BCUT2D eigenvalue weighted by Gasteiger charge is 2.21. The SMILES string of the molecule is COC(c1ccccc1)C(O)Cc1ccc(Cl)s1. The topological polar surface area (TPSA) is 29.5 Å². The van der Waals surface area contributed by atoms with Crippen molar-refractivity contribution in [2.24, 2.45) is 0 Å². The van der Waals surface area contributed by atoms with Gasteiger partial charge >= 0.3 is 0 Å². The zero-order valence-corrected chi connectivity index (χ0v) is 11.6. The average molecular weight is 283 g/mol. The van der Waals surface area contributed by atoms with Crippen molar-refractivity contribution in [1.82, 2.24) is 0 Å². The highest BCUT2D eigenvalue weighted by atomic mass is 35.5. The van der Waals surface area contributed by atoms with Crippen LogP contribution in [0.15, 0.2) is 42.5 Å². The highest BCUT2D eigenvalue weighted by molar-refractivity contribution is 7.16. The Bertz CT molecular complexity index is 484. The van der Waals surface area contributed by atoms with E-state index in [-0.39, 0.29) is 6.10 Å². The van der Waals surface area contributed by atoms with E-state index in [2.05, 4.69) is 0 Å². The molecule has 1 N–H and O–H groups in total. The van der Waals surface area contributed by atoms with E-state index in [0.29, 0.717) is 6.42 Å². The predicted octanol–water partition coefficient (Wildman–Crippen LogP) is 3.69. The molecular weight excluding hydrogens is 268 g/mol. The lowest BCUT2D eigenvalue weighted by Crippen LogP contribution is -2.22. The van der Waals surface area contributed by atoms with Crippen LogP contribution in [0.2, 0.25) is 4.34 Å². The number of aliphatic hydroxyl groups is 1. The van der Waals surface area contributed by atoms with Gasteiger partial charge in [0.1, 0.15) is 6.10 Å². The summed E-state index contributed by atoms with van der Waals surface area (Å²) in [5.41, 5.74) is 0.982. The molecule has 0 fully saturated rings. The summed E-state index contributed by atoms with van der Waals surface area (Å²) in [6.07, 6.45) is -0.343. The van der Waals surface area contributed by atoms with Crippen molar-refractivity contribution in [1.29, 1.82) is 0 Å². The number of rotatable bonds is 5. The summed E-state index contributed by atoms with van der Waals surface area (Å²) in [7, 11) is 1.61. The Morgan fingerprint density at radius 1 is 1.22 bits per heavy atom. The molecule has 0 saturated carbocycles. The first-order chi connectivity index (χ1) is 8.70. The second-order valence-electron chi connectivity index (χ2n) is 4.04. The molecule has 2 rings (SSSR count). The predicted molar refractivity (Wildman–Crippen MR) is 75.2 cm³/mol. The van der Waals surface area contributed by atoms with Gasteiger partial charge in [-0.25, -0.2) is 0 Å². The van der Waals surface area contributed by atoms with Crippen LogP contribution in [0.25, 0.3) is 0 Å². The van der Waals surface area contributed by atoms with Crippen molar-refractivity contribution < 1.29 is 9.84 Å². The molecule has 1 heterocycles. The summed E-state index contributed by atoms with van der Waals surface area (Å²) in [5.74, 6) is 0. The van der Waals surface area contributed by atoms with Crippen LogP contribution < -0.4 is 0 Å². The number of benzene rings is 1. The maximum absolute atomic E-state index is 10.3. The second kappa shape index (κ2) is 6.34. The second-order valence-corrected chi connectivity index (χ2v) is 5.84. The van der Waals surface area contributed by atoms with E-state index >= 15 is 0 Å². The first-order valence-electron chi connectivity index (χ1n) is 5.70. The monoisotopic (exact) mass is 282 g/mol. The standard InChI is InChI=1S/C14H15ClO2S/c1-17-14(10-5-3-2-4-6-10)12(16)9-11-7-8-13(15)18-11/h2-8,12,14,16H,9H2,1H3. The van der Waals surface area contributed by atoms with Crippen LogP contribution in [-0.4, -0.2) is 18.3 Å². The first-order valence-corrected chi connectivity index (χ1v) is 6.90. The molecule has 4 heteroatoms. The number of ether oxygens (including phenoxy) is 1. The lowest BCUT2D eigenvalue weighted by molar-refractivity contribution is -0.0124. The molecule has 18 heavy (non-hydrogen) atoms. The van der Waals surface area contributed by atoms with Gasteiger partial charge in [-0.1, -0.05) is 41.9 Å². The fraction of sp³-hybridized carbons (Fsp3) is 0.286. The van der Waals surface area contributed by atoms with E-state index in [0.717, 1.165) is 14.8 Å². The van der Waals surface area contributed by atoms with Gasteiger partial charge in [-0.2, -0.15) is 0 Å². The smallest absolute Gasteiger partial charge is 0.108 e. The third kappa shape index (κ3) is 3.33. The molecule has 0 amide bonds. The molecule has 0 radical (unpaired) electrons. The van der Waals surface area contributed by atoms with Gasteiger partial charge in [-0.15, -0.1) is 11.3 Å². The molecule has 1 aromatic heterocycles. The van der Waals surface area contributed by atoms with Crippen molar-refractivity contribution in [3.8, 4) is 0 Å². The molecular formula is C14H15ClO2S. The maximum Gasteiger partial charge on any atom is 0.108 e. The third-order valence-corrected chi connectivity index (χ3v) is 4.02. The van der Waals surface area contributed by atoms with Crippen LogP contribution in [0.3, 0.4) is 0 Å². The number of hydrogen-bond donors (Lipinski definition) is 1. The summed E-state index contributed by atoms with van der Waals surface area (Å²) >= 11 is 7.37. The average Bonchev–Trinajstić information content (AvgIpc) is 2.77. The Labute approximate surface area is 116 Å². The summed E-state index contributed by atoms with van der Waals surface area (Å²) in [6.45, 7) is 0. The van der Waals surface area contributed by atoms with Gasteiger partial charge in [0.05, 0.1) is 10.4 Å². The molecule has 0 spiro atoms. The summed E-state index contributed by atoms with van der Waals surface area (Å²) in [4.78, 5) is 1.06. The van der Waals surface area contributed by atoms with Gasteiger partial charge in [0.2, 0.25) is 0 Å². The molecule has 1 aromatic carbocycles. The van der Waals surface area contributed by atoms with Crippen molar-refractivity contribution in [3.05, 3.63) is 57.2 Å². The quantitative estimate of drug-likeness (QED) is 0.906. The molecule has 2 unspecified atom stereocenters. The van der Waals surface area contributed by atoms with Crippen LogP contribution in [0.4, 0.5) is 0 Å². The molecule has 0 bridgehead atoms.